The molecule has 2 aliphatic rings. The summed E-state index contributed by atoms with van der Waals surface area (Å²) in [5, 5.41) is 6.63. The number of hydrogen-bond donors (Lipinski definition) is 3. The van der Waals surface area contributed by atoms with E-state index in [-0.39, 0.29) is 6.17 Å². The minimum absolute atomic E-state index is 0.248. The van der Waals surface area contributed by atoms with Crippen molar-refractivity contribution in [3.8, 4) is 0 Å². The van der Waals surface area contributed by atoms with Gasteiger partial charge in [-0.3, -0.25) is 4.72 Å². The van der Waals surface area contributed by atoms with Crippen molar-refractivity contribution in [1.29, 1.82) is 0 Å². The summed E-state index contributed by atoms with van der Waals surface area (Å²) < 4.78 is 3.46. The summed E-state index contributed by atoms with van der Waals surface area (Å²) in [6.07, 6.45) is 9.64. The number of benzene rings is 1. The van der Waals surface area contributed by atoms with Gasteiger partial charge < -0.3 is 10.6 Å². The zero-order valence-corrected chi connectivity index (χ0v) is 13.0. The van der Waals surface area contributed by atoms with E-state index in [4.69, 9.17) is 0 Å². The summed E-state index contributed by atoms with van der Waals surface area (Å²) in [5.41, 5.74) is 5.44. The molecule has 0 saturated heterocycles. The van der Waals surface area contributed by atoms with Crippen LogP contribution in [0.15, 0.2) is 60.0 Å². The van der Waals surface area contributed by atoms with Crippen LogP contribution in [0.2, 0.25) is 0 Å². The zero-order valence-electron chi connectivity index (χ0n) is 12.2. The number of hydrogen-bond acceptors (Lipinski definition) is 4. The van der Waals surface area contributed by atoms with E-state index >= 15 is 0 Å². The van der Waals surface area contributed by atoms with Crippen LogP contribution in [0.3, 0.4) is 0 Å². The molecule has 110 valence electrons. The maximum atomic E-state index is 3.46. The van der Waals surface area contributed by atoms with Crippen LogP contribution in [0.25, 0.3) is 0 Å². The molecule has 4 heteroatoms. The lowest BCUT2D eigenvalue weighted by Gasteiger charge is -2.18. The second-order valence-corrected chi connectivity index (χ2v) is 6.07. The molecule has 0 fully saturated rings. The Morgan fingerprint density at radius 3 is 3.05 bits per heavy atom. The third-order valence-electron chi connectivity index (χ3n) is 3.74. The van der Waals surface area contributed by atoms with E-state index < -0.39 is 0 Å². The molecule has 21 heavy (non-hydrogen) atoms. The molecular formula is C17H21N3S. The minimum atomic E-state index is 0.248. The highest BCUT2D eigenvalue weighted by Crippen LogP contribution is 2.21. The van der Waals surface area contributed by atoms with Gasteiger partial charge in [0.05, 0.1) is 0 Å². The molecule has 0 bridgehead atoms. The molecule has 0 aliphatic carbocycles. The zero-order chi connectivity index (χ0) is 14.5. The average molecular weight is 299 g/mol. The first-order valence-electron chi connectivity index (χ1n) is 7.37. The molecule has 3 nitrogen and oxygen atoms in total. The highest BCUT2D eigenvalue weighted by Gasteiger charge is 2.22. The number of aryl methyl sites for hydroxylation is 1. The van der Waals surface area contributed by atoms with E-state index in [0.29, 0.717) is 0 Å². The number of nitrogens with one attached hydrogen (secondary N) is 3. The van der Waals surface area contributed by atoms with E-state index in [0.717, 1.165) is 18.7 Å². The van der Waals surface area contributed by atoms with Crippen molar-refractivity contribution in [2.75, 3.05) is 6.54 Å². The van der Waals surface area contributed by atoms with Gasteiger partial charge in [-0.2, -0.15) is 0 Å². The van der Waals surface area contributed by atoms with Crippen molar-refractivity contribution in [2.24, 2.45) is 0 Å². The molecule has 2 heterocycles. The Morgan fingerprint density at radius 1 is 1.24 bits per heavy atom. The summed E-state index contributed by atoms with van der Waals surface area (Å²) in [6.45, 7) is 3.07. The molecule has 1 atom stereocenters. The summed E-state index contributed by atoms with van der Waals surface area (Å²) in [5.74, 6) is 0.995. The van der Waals surface area contributed by atoms with Gasteiger partial charge in [-0.15, -0.1) is 0 Å². The van der Waals surface area contributed by atoms with E-state index in [1.165, 1.54) is 22.3 Å². The van der Waals surface area contributed by atoms with Gasteiger partial charge in [-0.1, -0.05) is 49.2 Å². The highest BCUT2D eigenvalue weighted by molar-refractivity contribution is 7.96. The molecular weight excluding hydrogens is 278 g/mol. The smallest absolute Gasteiger partial charge is 0.123 e. The van der Waals surface area contributed by atoms with E-state index in [9.17, 15) is 0 Å². The largest absolute Gasteiger partial charge is 0.368 e. The Hall–Kier alpha value is -1.65. The molecule has 0 saturated carbocycles. The predicted octanol–water partition coefficient (Wildman–Crippen LogP) is 2.84. The molecule has 0 spiro atoms. The van der Waals surface area contributed by atoms with Crippen LogP contribution >= 0.6 is 11.9 Å². The van der Waals surface area contributed by atoms with Crippen LogP contribution in [0.1, 0.15) is 18.1 Å². The Kier molecular flexibility index (Phi) is 4.68. The van der Waals surface area contributed by atoms with Gasteiger partial charge in [0, 0.05) is 24.1 Å². The van der Waals surface area contributed by atoms with Crippen molar-refractivity contribution in [3.05, 3.63) is 71.1 Å². The third-order valence-corrected chi connectivity index (χ3v) is 4.57. The Morgan fingerprint density at radius 2 is 2.14 bits per heavy atom. The van der Waals surface area contributed by atoms with Crippen molar-refractivity contribution < 1.29 is 0 Å². The fraction of sp³-hybridized carbons (Fsp3) is 0.294. The summed E-state index contributed by atoms with van der Waals surface area (Å²) in [4.78, 5) is 0. The maximum absolute atomic E-state index is 3.46. The van der Waals surface area contributed by atoms with Gasteiger partial charge in [0.15, 0.2) is 0 Å². The monoisotopic (exact) mass is 299 g/mol. The molecule has 1 aromatic carbocycles. The quantitative estimate of drug-likeness (QED) is 0.558. The maximum Gasteiger partial charge on any atom is 0.123 e. The lowest BCUT2D eigenvalue weighted by atomic mass is 10.1. The molecule has 3 N–H and O–H groups in total. The first-order valence-corrected chi connectivity index (χ1v) is 8.36. The Labute approximate surface area is 130 Å². The SMILES string of the molecule is CCc1cccc(CSNCC2=CNC3NC=CC=C23)c1. The van der Waals surface area contributed by atoms with Gasteiger partial charge in [-0.25, -0.2) is 0 Å². The van der Waals surface area contributed by atoms with Crippen LogP contribution < -0.4 is 15.4 Å². The lowest BCUT2D eigenvalue weighted by molar-refractivity contribution is 0.632. The van der Waals surface area contributed by atoms with Gasteiger partial charge in [0.1, 0.15) is 6.17 Å². The normalized spacial score (nSPS) is 19.4. The number of allylic oxidation sites excluding steroid dienone is 2. The van der Waals surface area contributed by atoms with Gasteiger partial charge in [0.25, 0.3) is 0 Å². The topological polar surface area (TPSA) is 36.1 Å². The molecule has 0 amide bonds. The summed E-state index contributed by atoms with van der Waals surface area (Å²) in [7, 11) is 0. The van der Waals surface area contributed by atoms with Crippen LogP contribution in [0.4, 0.5) is 0 Å². The summed E-state index contributed by atoms with van der Waals surface area (Å²) >= 11 is 1.77. The third kappa shape index (κ3) is 3.52. The molecule has 2 aliphatic heterocycles. The van der Waals surface area contributed by atoms with Crippen molar-refractivity contribution in [1.82, 2.24) is 15.4 Å². The van der Waals surface area contributed by atoms with E-state index in [1.807, 2.05) is 6.20 Å². The fourth-order valence-electron chi connectivity index (χ4n) is 2.54. The Bertz CT molecular complexity index is 589. The molecule has 0 radical (unpaired) electrons. The Balaban J connectivity index is 1.46. The summed E-state index contributed by atoms with van der Waals surface area (Å²) in [6, 6.07) is 8.82. The molecule has 1 unspecified atom stereocenters. The van der Waals surface area contributed by atoms with Gasteiger partial charge >= 0.3 is 0 Å². The van der Waals surface area contributed by atoms with Crippen LogP contribution in [-0.2, 0) is 12.2 Å². The lowest BCUT2D eigenvalue weighted by Crippen LogP contribution is -2.36. The van der Waals surface area contributed by atoms with Crippen LogP contribution in [0, 0.1) is 0 Å². The van der Waals surface area contributed by atoms with Crippen molar-refractivity contribution >= 4 is 11.9 Å². The minimum Gasteiger partial charge on any atom is -0.368 e. The predicted molar refractivity (Wildman–Crippen MR) is 90.5 cm³/mol. The van der Waals surface area contributed by atoms with E-state index in [2.05, 4.69) is 64.9 Å². The standard InChI is InChI=1S/C17H21N3S/c1-2-13-5-3-6-14(9-13)12-21-20-11-15-10-19-17-16(15)7-4-8-18-17/h3-10,17-20H,2,11-12H2,1H3. The first-order chi connectivity index (χ1) is 10.4. The first kappa shape index (κ1) is 14.3. The number of dihydropyridines is 1. The van der Waals surface area contributed by atoms with Crippen molar-refractivity contribution in [2.45, 2.75) is 25.3 Å². The number of fused-ring (bicyclic) bond motifs is 1. The van der Waals surface area contributed by atoms with Crippen molar-refractivity contribution in [3.63, 3.8) is 0 Å². The second kappa shape index (κ2) is 6.87. The van der Waals surface area contributed by atoms with Gasteiger partial charge in [-0.05, 0) is 35.4 Å². The van der Waals surface area contributed by atoms with Crippen LogP contribution in [0.5, 0.6) is 0 Å². The van der Waals surface area contributed by atoms with Gasteiger partial charge in [0.2, 0.25) is 0 Å². The fourth-order valence-corrected chi connectivity index (χ4v) is 3.25. The highest BCUT2D eigenvalue weighted by atomic mass is 32.2. The molecule has 1 aromatic rings. The van der Waals surface area contributed by atoms with Crippen LogP contribution in [-0.4, -0.2) is 12.7 Å². The second-order valence-electron chi connectivity index (χ2n) is 5.20. The average Bonchev–Trinajstić information content (AvgIpc) is 2.95. The molecule has 3 rings (SSSR count). The number of rotatable bonds is 6. The molecule has 0 aromatic heterocycles. The van der Waals surface area contributed by atoms with E-state index in [1.54, 1.807) is 11.9 Å².